The van der Waals surface area contributed by atoms with Crippen molar-refractivity contribution in [1.82, 2.24) is 9.21 Å². The molecule has 1 heterocycles. The maximum Gasteiger partial charge on any atom is 0.243 e. The highest BCUT2D eigenvalue weighted by Gasteiger charge is 2.41. The third kappa shape index (κ3) is 4.81. The highest BCUT2D eigenvalue weighted by Crippen LogP contribution is 2.37. The van der Waals surface area contributed by atoms with E-state index in [4.69, 9.17) is 23.2 Å². The molecule has 0 N–H and O–H groups in total. The number of halogens is 3. The zero-order valence-electron chi connectivity index (χ0n) is 17.7. The van der Waals surface area contributed by atoms with Gasteiger partial charge in [-0.3, -0.25) is 4.79 Å². The van der Waals surface area contributed by atoms with Crippen molar-refractivity contribution in [3.05, 3.63) is 63.9 Å². The van der Waals surface area contributed by atoms with Gasteiger partial charge in [-0.1, -0.05) is 35.3 Å². The summed E-state index contributed by atoms with van der Waals surface area (Å²) in [6, 6.07) is 11.1. The van der Waals surface area contributed by atoms with Gasteiger partial charge in [0, 0.05) is 30.1 Å². The van der Waals surface area contributed by atoms with Crippen LogP contribution in [0.25, 0.3) is 0 Å². The van der Waals surface area contributed by atoms with E-state index < -0.39 is 15.8 Å². The first-order valence-electron chi connectivity index (χ1n) is 10.7. The molecule has 0 radical (unpaired) electrons. The normalized spacial score (nSPS) is 19.0. The Balaban J connectivity index is 1.45. The lowest BCUT2D eigenvalue weighted by molar-refractivity contribution is -0.139. The summed E-state index contributed by atoms with van der Waals surface area (Å²) in [5, 5.41) is 0.425. The molecule has 0 spiro atoms. The van der Waals surface area contributed by atoms with Crippen LogP contribution in [0.1, 0.15) is 44.2 Å². The van der Waals surface area contributed by atoms with Gasteiger partial charge < -0.3 is 4.90 Å². The van der Waals surface area contributed by atoms with E-state index in [1.807, 2.05) is 36.1 Å². The number of benzene rings is 2. The van der Waals surface area contributed by atoms with E-state index >= 15 is 0 Å². The molecular formula is C23H25Cl2FN2O3S. The summed E-state index contributed by atoms with van der Waals surface area (Å²) >= 11 is 11.8. The van der Waals surface area contributed by atoms with Gasteiger partial charge in [0.15, 0.2) is 0 Å². The molecule has 1 aliphatic carbocycles. The number of hydrogen-bond acceptors (Lipinski definition) is 3. The van der Waals surface area contributed by atoms with Crippen molar-refractivity contribution in [2.45, 2.75) is 49.6 Å². The summed E-state index contributed by atoms with van der Waals surface area (Å²) in [6.45, 7) is 2.50. The average Bonchev–Trinajstić information content (AvgIpc) is 3.61. The zero-order valence-corrected chi connectivity index (χ0v) is 20.0. The van der Waals surface area contributed by atoms with Crippen LogP contribution in [0, 0.1) is 11.7 Å². The van der Waals surface area contributed by atoms with Crippen LogP contribution in [0.2, 0.25) is 10.0 Å². The topological polar surface area (TPSA) is 57.7 Å². The van der Waals surface area contributed by atoms with Crippen LogP contribution < -0.4 is 0 Å². The van der Waals surface area contributed by atoms with Gasteiger partial charge >= 0.3 is 0 Å². The third-order valence-electron chi connectivity index (χ3n) is 6.30. The van der Waals surface area contributed by atoms with Gasteiger partial charge in [-0.2, -0.15) is 4.31 Å². The fraction of sp³-hybridized carbons (Fsp3) is 0.435. The molecule has 9 heteroatoms. The van der Waals surface area contributed by atoms with E-state index in [1.165, 1.54) is 10.4 Å². The van der Waals surface area contributed by atoms with E-state index in [9.17, 15) is 17.6 Å². The highest BCUT2D eigenvalue weighted by atomic mass is 35.5. The molecule has 0 unspecified atom stereocenters. The van der Waals surface area contributed by atoms with Gasteiger partial charge in [0.1, 0.15) is 5.82 Å². The summed E-state index contributed by atoms with van der Waals surface area (Å²) in [5.74, 6) is -0.810. The van der Waals surface area contributed by atoms with Gasteiger partial charge in [0.2, 0.25) is 15.9 Å². The Bertz CT molecular complexity index is 1100. The van der Waals surface area contributed by atoms with E-state index in [0.29, 0.717) is 17.9 Å². The van der Waals surface area contributed by atoms with Gasteiger partial charge in [0.05, 0.1) is 16.0 Å². The fourth-order valence-corrected chi connectivity index (χ4v) is 6.15. The first kappa shape index (κ1) is 23.5. The second kappa shape index (κ2) is 9.29. The second-order valence-corrected chi connectivity index (χ2v) is 11.2. The standard InChI is InChI=1S/C23H25Cl2FN2O3S/c1-15(16-2-4-18(24)5-3-16)28(19-6-7-19)23(29)17-10-12-27(13-11-17)32(30,31)20-8-9-22(26)21(25)14-20/h2-5,8-9,14-15,17,19H,6-7,10-13H2,1H3/t15-/m0/s1. The van der Waals surface area contributed by atoms with Crippen LogP contribution in [-0.4, -0.2) is 42.7 Å². The van der Waals surface area contributed by atoms with E-state index in [-0.39, 0.29) is 46.9 Å². The monoisotopic (exact) mass is 498 g/mol. The molecule has 32 heavy (non-hydrogen) atoms. The quantitative estimate of drug-likeness (QED) is 0.543. The first-order valence-corrected chi connectivity index (χ1v) is 12.9. The van der Waals surface area contributed by atoms with Gasteiger partial charge in [0.25, 0.3) is 0 Å². The predicted molar refractivity (Wildman–Crippen MR) is 123 cm³/mol. The SMILES string of the molecule is C[C@@H](c1ccc(Cl)cc1)N(C(=O)C1CCN(S(=O)(=O)c2ccc(F)c(Cl)c2)CC1)C1CC1. The fourth-order valence-electron chi connectivity index (χ4n) is 4.28. The number of carbonyl (C=O) groups is 1. The van der Waals surface area contributed by atoms with Crippen LogP contribution >= 0.6 is 23.2 Å². The Morgan fingerprint density at radius 3 is 2.25 bits per heavy atom. The minimum Gasteiger partial charge on any atom is -0.333 e. The Kier molecular flexibility index (Phi) is 6.82. The maximum atomic E-state index is 13.4. The van der Waals surface area contributed by atoms with Crippen molar-refractivity contribution >= 4 is 39.1 Å². The molecule has 1 amide bonds. The summed E-state index contributed by atoms with van der Waals surface area (Å²) < 4.78 is 40.7. The van der Waals surface area contributed by atoms with Gasteiger partial charge in [-0.25, -0.2) is 12.8 Å². The van der Waals surface area contributed by atoms with Crippen molar-refractivity contribution in [3.63, 3.8) is 0 Å². The number of piperidine rings is 1. The van der Waals surface area contributed by atoms with Crippen molar-refractivity contribution in [3.8, 4) is 0 Å². The molecule has 4 rings (SSSR count). The third-order valence-corrected chi connectivity index (χ3v) is 8.73. The average molecular weight is 499 g/mol. The number of hydrogen-bond donors (Lipinski definition) is 0. The molecule has 1 saturated carbocycles. The van der Waals surface area contributed by atoms with Crippen LogP contribution in [0.4, 0.5) is 4.39 Å². The maximum absolute atomic E-state index is 13.4. The van der Waals surface area contributed by atoms with Gasteiger partial charge in [-0.05, 0) is 68.5 Å². The Morgan fingerprint density at radius 2 is 1.69 bits per heavy atom. The molecule has 5 nitrogen and oxygen atoms in total. The van der Waals surface area contributed by atoms with Crippen LogP contribution in [0.15, 0.2) is 47.4 Å². The van der Waals surface area contributed by atoms with E-state index in [0.717, 1.165) is 30.5 Å². The summed E-state index contributed by atoms with van der Waals surface area (Å²) in [4.78, 5) is 15.4. The number of rotatable bonds is 6. The molecule has 2 aromatic rings. The van der Waals surface area contributed by atoms with Crippen LogP contribution in [-0.2, 0) is 14.8 Å². The van der Waals surface area contributed by atoms with Crippen molar-refractivity contribution in [2.75, 3.05) is 13.1 Å². The largest absolute Gasteiger partial charge is 0.333 e. The summed E-state index contributed by atoms with van der Waals surface area (Å²) in [5.41, 5.74) is 1.03. The number of nitrogens with zero attached hydrogens (tertiary/aromatic N) is 2. The molecule has 1 aliphatic heterocycles. The molecule has 2 fully saturated rings. The Hall–Kier alpha value is -1.67. The second-order valence-electron chi connectivity index (χ2n) is 8.46. The lowest BCUT2D eigenvalue weighted by Crippen LogP contribution is -2.45. The lowest BCUT2D eigenvalue weighted by Gasteiger charge is -2.36. The van der Waals surface area contributed by atoms with Gasteiger partial charge in [-0.15, -0.1) is 0 Å². The van der Waals surface area contributed by atoms with Crippen molar-refractivity contribution in [1.29, 1.82) is 0 Å². The van der Waals surface area contributed by atoms with E-state index in [2.05, 4.69) is 0 Å². The van der Waals surface area contributed by atoms with Crippen molar-refractivity contribution < 1.29 is 17.6 Å². The molecule has 1 saturated heterocycles. The molecule has 0 aromatic heterocycles. The number of amides is 1. The number of sulfonamides is 1. The van der Waals surface area contributed by atoms with Crippen LogP contribution in [0.3, 0.4) is 0 Å². The molecule has 172 valence electrons. The van der Waals surface area contributed by atoms with Crippen molar-refractivity contribution in [2.24, 2.45) is 5.92 Å². The smallest absolute Gasteiger partial charge is 0.243 e. The Morgan fingerprint density at radius 1 is 1.06 bits per heavy atom. The van der Waals surface area contributed by atoms with E-state index in [1.54, 1.807) is 0 Å². The van der Waals surface area contributed by atoms with Crippen LogP contribution in [0.5, 0.6) is 0 Å². The minimum absolute atomic E-state index is 0.0374. The zero-order chi connectivity index (χ0) is 23.0. The summed E-state index contributed by atoms with van der Waals surface area (Å²) in [7, 11) is -3.79. The minimum atomic E-state index is -3.79. The lowest BCUT2D eigenvalue weighted by atomic mass is 9.95. The molecule has 2 aliphatic rings. The summed E-state index contributed by atoms with van der Waals surface area (Å²) in [6.07, 6.45) is 2.87. The first-order chi connectivity index (χ1) is 15.2. The predicted octanol–water partition coefficient (Wildman–Crippen LogP) is 5.29. The Labute approximate surface area is 198 Å². The molecule has 2 aromatic carbocycles. The number of carbonyl (C=O) groups excluding carboxylic acids is 1. The molecule has 0 bridgehead atoms. The molecular weight excluding hydrogens is 474 g/mol. The molecule has 1 atom stereocenters. The highest BCUT2D eigenvalue weighted by molar-refractivity contribution is 7.89.